The van der Waals surface area contributed by atoms with E-state index in [1.165, 1.54) is 10.7 Å². The Morgan fingerprint density at radius 1 is 1.15 bits per heavy atom. The molecule has 0 bridgehead atoms. The van der Waals surface area contributed by atoms with E-state index in [1.807, 2.05) is 0 Å². The number of carbonyl (C=O) groups is 1. The van der Waals surface area contributed by atoms with Gasteiger partial charge in [0.15, 0.2) is 0 Å². The molecule has 6 nitrogen and oxygen atoms in total. The molecular weight excluding hydrogens is 362 g/mol. The molecule has 2 fully saturated rings. The Bertz CT molecular complexity index is 721. The number of nitrogens with one attached hydrogen (secondary N) is 2. The molecule has 27 heavy (non-hydrogen) atoms. The summed E-state index contributed by atoms with van der Waals surface area (Å²) in [6.45, 7) is 2.73. The van der Waals surface area contributed by atoms with Gasteiger partial charge in [-0.05, 0) is 69.0 Å². The quantitative estimate of drug-likeness (QED) is 0.745. The number of nitrogens with zero attached hydrogens (tertiary/aromatic N) is 1. The van der Waals surface area contributed by atoms with Crippen molar-refractivity contribution in [1.29, 1.82) is 0 Å². The highest BCUT2D eigenvalue weighted by Crippen LogP contribution is 2.26. The van der Waals surface area contributed by atoms with Crippen molar-refractivity contribution in [3.8, 4) is 0 Å². The first-order valence-corrected chi connectivity index (χ1v) is 11.5. The summed E-state index contributed by atoms with van der Waals surface area (Å²) in [6.07, 6.45) is 7.33. The van der Waals surface area contributed by atoms with E-state index >= 15 is 0 Å². The second-order valence-electron chi connectivity index (χ2n) is 7.74. The fourth-order valence-electron chi connectivity index (χ4n) is 4.04. The van der Waals surface area contributed by atoms with Gasteiger partial charge in [0.25, 0.3) is 5.91 Å². The maximum absolute atomic E-state index is 12.9. The molecule has 1 aliphatic heterocycles. The van der Waals surface area contributed by atoms with Gasteiger partial charge < -0.3 is 10.6 Å². The van der Waals surface area contributed by atoms with Gasteiger partial charge in [-0.15, -0.1) is 0 Å². The van der Waals surface area contributed by atoms with Crippen molar-refractivity contribution in [1.82, 2.24) is 14.9 Å². The van der Waals surface area contributed by atoms with E-state index in [9.17, 15) is 13.2 Å². The van der Waals surface area contributed by atoms with Crippen LogP contribution in [0.5, 0.6) is 0 Å². The number of carbonyl (C=O) groups excluding carboxylic acids is 1. The van der Waals surface area contributed by atoms with Crippen LogP contribution >= 0.6 is 0 Å². The molecule has 1 saturated heterocycles. The van der Waals surface area contributed by atoms with Crippen molar-refractivity contribution in [3.05, 3.63) is 29.8 Å². The molecule has 1 aromatic carbocycles. The SMILES string of the molecule is CN(C1CCCCC1)S(=O)(=O)c1ccc(C(=O)NCCC2CCNC2)cc1. The summed E-state index contributed by atoms with van der Waals surface area (Å²) in [5, 5.41) is 6.25. The van der Waals surface area contributed by atoms with Crippen LogP contribution in [0.1, 0.15) is 55.3 Å². The van der Waals surface area contributed by atoms with Crippen molar-refractivity contribution >= 4 is 15.9 Å². The van der Waals surface area contributed by atoms with Crippen molar-refractivity contribution in [2.45, 2.75) is 55.9 Å². The van der Waals surface area contributed by atoms with Gasteiger partial charge in [0.2, 0.25) is 10.0 Å². The molecule has 1 aromatic rings. The first-order valence-electron chi connectivity index (χ1n) is 10.1. The Morgan fingerprint density at radius 3 is 2.48 bits per heavy atom. The summed E-state index contributed by atoms with van der Waals surface area (Å²) in [5.41, 5.74) is 0.499. The van der Waals surface area contributed by atoms with Gasteiger partial charge in [-0.2, -0.15) is 4.31 Å². The van der Waals surface area contributed by atoms with Gasteiger partial charge >= 0.3 is 0 Å². The van der Waals surface area contributed by atoms with E-state index in [2.05, 4.69) is 10.6 Å². The van der Waals surface area contributed by atoms with Gasteiger partial charge in [-0.1, -0.05) is 19.3 Å². The lowest BCUT2D eigenvalue weighted by molar-refractivity contribution is 0.0951. The molecule has 0 spiro atoms. The summed E-state index contributed by atoms with van der Waals surface area (Å²) in [6, 6.07) is 6.38. The van der Waals surface area contributed by atoms with Crippen LogP contribution < -0.4 is 10.6 Å². The smallest absolute Gasteiger partial charge is 0.251 e. The molecular formula is C20H31N3O3S. The highest BCUT2D eigenvalue weighted by Gasteiger charge is 2.29. The Kier molecular flexibility index (Phi) is 6.89. The van der Waals surface area contributed by atoms with Gasteiger partial charge in [0, 0.05) is 25.2 Å². The van der Waals surface area contributed by atoms with Gasteiger partial charge in [-0.3, -0.25) is 4.79 Å². The van der Waals surface area contributed by atoms with Gasteiger partial charge in [-0.25, -0.2) is 8.42 Å². The molecule has 3 rings (SSSR count). The molecule has 1 saturated carbocycles. The van der Waals surface area contributed by atoms with Crippen LogP contribution in [0.2, 0.25) is 0 Å². The molecule has 1 heterocycles. The molecule has 1 unspecified atom stereocenters. The summed E-state index contributed by atoms with van der Waals surface area (Å²) in [5.74, 6) is 0.485. The Hall–Kier alpha value is -1.44. The van der Waals surface area contributed by atoms with Crippen LogP contribution in [-0.2, 0) is 10.0 Å². The highest BCUT2D eigenvalue weighted by atomic mass is 32.2. The minimum Gasteiger partial charge on any atom is -0.352 e. The predicted molar refractivity (Wildman–Crippen MR) is 106 cm³/mol. The van der Waals surface area contributed by atoms with E-state index in [1.54, 1.807) is 31.3 Å². The maximum Gasteiger partial charge on any atom is 0.251 e. The zero-order valence-electron chi connectivity index (χ0n) is 16.1. The van der Waals surface area contributed by atoms with Crippen LogP contribution in [0.3, 0.4) is 0 Å². The van der Waals surface area contributed by atoms with Crippen LogP contribution in [-0.4, -0.2) is 51.4 Å². The number of hydrogen-bond acceptors (Lipinski definition) is 4. The second kappa shape index (κ2) is 9.17. The number of benzene rings is 1. The van der Waals surface area contributed by atoms with E-state index in [0.717, 1.165) is 51.6 Å². The number of hydrogen-bond donors (Lipinski definition) is 2. The van der Waals surface area contributed by atoms with Crippen molar-refractivity contribution in [2.75, 3.05) is 26.7 Å². The average molecular weight is 394 g/mol. The van der Waals surface area contributed by atoms with Crippen molar-refractivity contribution in [2.24, 2.45) is 5.92 Å². The number of amides is 1. The van der Waals surface area contributed by atoms with Crippen LogP contribution in [0.25, 0.3) is 0 Å². The van der Waals surface area contributed by atoms with Crippen LogP contribution in [0.15, 0.2) is 29.2 Å². The molecule has 2 N–H and O–H groups in total. The lowest BCUT2D eigenvalue weighted by Gasteiger charge is -2.30. The topological polar surface area (TPSA) is 78.5 Å². The monoisotopic (exact) mass is 393 g/mol. The van der Waals surface area contributed by atoms with Crippen LogP contribution in [0.4, 0.5) is 0 Å². The standard InChI is InChI=1S/C20H31N3O3S/c1-23(18-5-3-2-4-6-18)27(25,26)19-9-7-17(8-10-19)20(24)22-14-12-16-11-13-21-15-16/h7-10,16,18,21H,2-6,11-15H2,1H3,(H,22,24). The molecule has 0 radical (unpaired) electrons. The fourth-order valence-corrected chi connectivity index (χ4v) is 5.45. The lowest BCUT2D eigenvalue weighted by atomic mass is 9.96. The summed E-state index contributed by atoms with van der Waals surface area (Å²) >= 11 is 0. The lowest BCUT2D eigenvalue weighted by Crippen LogP contribution is -2.38. The third-order valence-electron chi connectivity index (χ3n) is 5.88. The van der Waals surface area contributed by atoms with E-state index in [-0.39, 0.29) is 16.8 Å². The second-order valence-corrected chi connectivity index (χ2v) is 9.74. The summed E-state index contributed by atoms with van der Waals surface area (Å²) in [4.78, 5) is 12.5. The molecule has 0 aromatic heterocycles. The van der Waals surface area contributed by atoms with Crippen molar-refractivity contribution in [3.63, 3.8) is 0 Å². The fraction of sp³-hybridized carbons (Fsp3) is 0.650. The molecule has 150 valence electrons. The van der Waals surface area contributed by atoms with E-state index in [0.29, 0.717) is 18.0 Å². The molecule has 1 atom stereocenters. The predicted octanol–water partition coefficient (Wildman–Crippen LogP) is 2.37. The highest BCUT2D eigenvalue weighted by molar-refractivity contribution is 7.89. The minimum absolute atomic E-state index is 0.0804. The number of rotatable bonds is 7. The first-order chi connectivity index (χ1) is 13.0. The Balaban J connectivity index is 1.57. The van der Waals surface area contributed by atoms with E-state index < -0.39 is 10.0 Å². The Morgan fingerprint density at radius 2 is 1.85 bits per heavy atom. The zero-order valence-corrected chi connectivity index (χ0v) is 16.9. The summed E-state index contributed by atoms with van der Waals surface area (Å²) < 4.78 is 27.2. The maximum atomic E-state index is 12.9. The zero-order chi connectivity index (χ0) is 19.3. The molecule has 1 aliphatic carbocycles. The normalized spacial score (nSPS) is 21.5. The first kappa shape index (κ1) is 20.3. The average Bonchev–Trinajstić information content (AvgIpc) is 3.21. The van der Waals surface area contributed by atoms with Gasteiger partial charge in [0.1, 0.15) is 0 Å². The molecule has 2 aliphatic rings. The minimum atomic E-state index is -3.51. The van der Waals surface area contributed by atoms with E-state index in [4.69, 9.17) is 0 Å². The third-order valence-corrected chi connectivity index (χ3v) is 7.81. The number of sulfonamides is 1. The van der Waals surface area contributed by atoms with Gasteiger partial charge in [0.05, 0.1) is 4.90 Å². The molecule has 1 amide bonds. The largest absolute Gasteiger partial charge is 0.352 e. The van der Waals surface area contributed by atoms with Crippen LogP contribution in [0, 0.1) is 5.92 Å². The Labute approximate surface area is 162 Å². The van der Waals surface area contributed by atoms with Crippen molar-refractivity contribution < 1.29 is 13.2 Å². The third kappa shape index (κ3) is 5.09. The molecule has 7 heteroatoms. The summed E-state index contributed by atoms with van der Waals surface area (Å²) in [7, 11) is -1.84.